The topological polar surface area (TPSA) is 38.3 Å². The van der Waals surface area contributed by atoms with E-state index in [9.17, 15) is 9.18 Å². The van der Waals surface area contributed by atoms with Gasteiger partial charge in [0, 0.05) is 0 Å². The zero-order chi connectivity index (χ0) is 7.11. The van der Waals surface area contributed by atoms with E-state index < -0.39 is 12.6 Å². The number of nitrogens with one attached hydrogen (secondary N) is 1. The molecule has 54 valence electrons. The van der Waals surface area contributed by atoms with Gasteiger partial charge >= 0.3 is 5.97 Å². The highest BCUT2D eigenvalue weighted by molar-refractivity contribution is 5.70. The molecular formula is C5H10FNO2. The Hall–Kier alpha value is -0.640. The second kappa shape index (κ2) is 5.50. The van der Waals surface area contributed by atoms with Crippen LogP contribution in [0, 0.1) is 0 Å². The van der Waals surface area contributed by atoms with Crippen molar-refractivity contribution in [1.29, 1.82) is 0 Å². The first kappa shape index (κ1) is 8.36. The Morgan fingerprint density at radius 1 is 1.78 bits per heavy atom. The number of ether oxygens (including phenoxy) is 1. The maximum absolute atomic E-state index is 11.3. The summed E-state index contributed by atoms with van der Waals surface area (Å²) in [5.41, 5.74) is 0. The van der Waals surface area contributed by atoms with Gasteiger partial charge in [-0.2, -0.15) is 0 Å². The number of esters is 1. The van der Waals surface area contributed by atoms with Crippen molar-refractivity contribution in [2.24, 2.45) is 0 Å². The monoisotopic (exact) mass is 135 g/mol. The van der Waals surface area contributed by atoms with E-state index in [1.807, 2.05) is 6.92 Å². The number of hydrogen-bond acceptors (Lipinski definition) is 3. The van der Waals surface area contributed by atoms with E-state index in [-0.39, 0.29) is 6.73 Å². The zero-order valence-corrected chi connectivity index (χ0v) is 5.32. The first-order chi connectivity index (χ1) is 4.31. The lowest BCUT2D eigenvalue weighted by molar-refractivity contribution is -0.145. The van der Waals surface area contributed by atoms with E-state index in [0.29, 0.717) is 6.54 Å². The number of rotatable bonds is 4. The van der Waals surface area contributed by atoms with Crippen LogP contribution >= 0.6 is 0 Å². The molecule has 4 heteroatoms. The molecule has 0 amide bonds. The summed E-state index contributed by atoms with van der Waals surface area (Å²) >= 11 is 0. The minimum atomic E-state index is -1.05. The summed E-state index contributed by atoms with van der Waals surface area (Å²) in [6.45, 7) is 1.62. The summed E-state index contributed by atoms with van der Waals surface area (Å²) < 4.78 is 15.6. The third kappa shape index (κ3) is 5.23. The average molecular weight is 135 g/mol. The van der Waals surface area contributed by atoms with Crippen LogP contribution in [0.4, 0.5) is 4.39 Å². The second-order valence-corrected chi connectivity index (χ2v) is 1.40. The molecule has 0 spiro atoms. The Balaban J connectivity index is 2.97. The third-order valence-electron chi connectivity index (χ3n) is 0.694. The van der Waals surface area contributed by atoms with Crippen molar-refractivity contribution >= 4 is 5.97 Å². The first-order valence-electron chi connectivity index (χ1n) is 2.73. The van der Waals surface area contributed by atoms with Gasteiger partial charge in [0.25, 0.3) is 0 Å². The van der Waals surface area contributed by atoms with Gasteiger partial charge in [-0.1, -0.05) is 6.92 Å². The summed E-state index contributed by atoms with van der Waals surface area (Å²) in [7, 11) is 0. The molecule has 0 radical (unpaired) electrons. The minimum Gasteiger partial charge on any atom is -0.448 e. The molecule has 0 aliphatic heterocycles. The van der Waals surface area contributed by atoms with E-state index in [2.05, 4.69) is 10.1 Å². The van der Waals surface area contributed by atoms with Crippen LogP contribution < -0.4 is 5.32 Å². The number of carbonyl (C=O) groups is 1. The summed E-state index contributed by atoms with van der Waals surface area (Å²) in [6, 6.07) is 0. The van der Waals surface area contributed by atoms with Gasteiger partial charge < -0.3 is 4.74 Å². The predicted octanol–water partition coefficient (Wildman–Crippen LogP) is 0.0661. The van der Waals surface area contributed by atoms with Crippen molar-refractivity contribution in [3.05, 3.63) is 0 Å². The van der Waals surface area contributed by atoms with Crippen LogP contribution in [0.15, 0.2) is 0 Å². The van der Waals surface area contributed by atoms with Gasteiger partial charge in [-0.25, -0.2) is 9.18 Å². The average Bonchev–Trinajstić information content (AvgIpc) is 1.89. The Labute approximate surface area is 53.2 Å². The lowest BCUT2D eigenvalue weighted by atomic mass is 10.7. The fraction of sp³-hybridized carbons (Fsp3) is 0.800. The molecule has 0 aliphatic carbocycles. The molecule has 3 nitrogen and oxygen atoms in total. The Morgan fingerprint density at radius 2 is 2.44 bits per heavy atom. The van der Waals surface area contributed by atoms with E-state index in [1.165, 1.54) is 0 Å². The summed E-state index contributed by atoms with van der Waals surface area (Å²) in [4.78, 5) is 10.0. The predicted molar refractivity (Wildman–Crippen MR) is 30.6 cm³/mol. The van der Waals surface area contributed by atoms with Crippen LogP contribution in [0.2, 0.25) is 0 Å². The number of carbonyl (C=O) groups excluding carboxylic acids is 1. The molecule has 0 unspecified atom stereocenters. The summed E-state index contributed by atoms with van der Waals surface area (Å²) in [6.07, 6.45) is 0. The van der Waals surface area contributed by atoms with Gasteiger partial charge in [-0.05, 0) is 6.54 Å². The Kier molecular flexibility index (Phi) is 5.11. The highest BCUT2D eigenvalue weighted by Gasteiger charge is 1.97. The molecule has 0 aromatic heterocycles. The van der Waals surface area contributed by atoms with E-state index in [1.54, 1.807) is 0 Å². The SMILES string of the molecule is CCNCOC(=O)CF. The number of halogens is 1. The molecule has 0 aromatic rings. The summed E-state index contributed by atoms with van der Waals surface area (Å²) in [5, 5.41) is 2.70. The fourth-order valence-electron chi connectivity index (χ4n) is 0.272. The highest BCUT2D eigenvalue weighted by Crippen LogP contribution is 1.75. The second-order valence-electron chi connectivity index (χ2n) is 1.40. The summed E-state index contributed by atoms with van der Waals surface area (Å²) in [5.74, 6) is -0.823. The molecular weight excluding hydrogens is 125 g/mol. The molecule has 0 aliphatic rings. The van der Waals surface area contributed by atoms with Crippen LogP contribution in [0.1, 0.15) is 6.92 Å². The van der Waals surface area contributed by atoms with Crippen molar-refractivity contribution in [2.45, 2.75) is 6.92 Å². The third-order valence-corrected chi connectivity index (χ3v) is 0.694. The molecule has 0 aromatic carbocycles. The largest absolute Gasteiger partial charge is 0.448 e. The molecule has 0 rings (SSSR count). The molecule has 0 bridgehead atoms. The Morgan fingerprint density at radius 3 is 2.89 bits per heavy atom. The van der Waals surface area contributed by atoms with Crippen molar-refractivity contribution in [2.75, 3.05) is 20.0 Å². The molecule has 1 N–H and O–H groups in total. The molecule has 9 heavy (non-hydrogen) atoms. The van der Waals surface area contributed by atoms with Crippen LogP contribution in [-0.4, -0.2) is 25.9 Å². The van der Waals surface area contributed by atoms with Crippen molar-refractivity contribution in [1.82, 2.24) is 5.32 Å². The molecule has 0 saturated heterocycles. The maximum Gasteiger partial charge on any atom is 0.338 e. The first-order valence-corrected chi connectivity index (χ1v) is 2.73. The maximum atomic E-state index is 11.3. The molecule has 0 saturated carbocycles. The molecule has 0 heterocycles. The molecule has 0 atom stereocenters. The van der Waals surface area contributed by atoms with Gasteiger partial charge in [0.05, 0.1) is 0 Å². The van der Waals surface area contributed by atoms with Gasteiger partial charge in [0.1, 0.15) is 6.73 Å². The lowest BCUT2D eigenvalue weighted by Gasteiger charge is -2.00. The smallest absolute Gasteiger partial charge is 0.338 e. The fourth-order valence-corrected chi connectivity index (χ4v) is 0.272. The molecule has 0 fully saturated rings. The standard InChI is InChI=1S/C5H10FNO2/c1-2-7-4-9-5(8)3-6/h7H,2-4H2,1H3. The highest BCUT2D eigenvalue weighted by atomic mass is 19.1. The van der Waals surface area contributed by atoms with E-state index >= 15 is 0 Å². The minimum absolute atomic E-state index is 0.0965. The lowest BCUT2D eigenvalue weighted by Crippen LogP contribution is -2.20. The zero-order valence-electron chi connectivity index (χ0n) is 5.32. The number of alkyl halides is 1. The van der Waals surface area contributed by atoms with Crippen molar-refractivity contribution in [3.8, 4) is 0 Å². The van der Waals surface area contributed by atoms with Crippen LogP contribution in [0.5, 0.6) is 0 Å². The van der Waals surface area contributed by atoms with Gasteiger partial charge in [-0.3, -0.25) is 5.32 Å². The number of hydrogen-bond donors (Lipinski definition) is 1. The normalized spacial score (nSPS) is 9.11. The van der Waals surface area contributed by atoms with Crippen LogP contribution in [-0.2, 0) is 9.53 Å². The van der Waals surface area contributed by atoms with E-state index in [0.717, 1.165) is 0 Å². The van der Waals surface area contributed by atoms with Gasteiger partial charge in [0.15, 0.2) is 6.67 Å². The van der Waals surface area contributed by atoms with Crippen molar-refractivity contribution in [3.63, 3.8) is 0 Å². The Bertz CT molecular complexity index is 87.0. The van der Waals surface area contributed by atoms with Crippen LogP contribution in [0.25, 0.3) is 0 Å². The van der Waals surface area contributed by atoms with Gasteiger partial charge in [-0.15, -0.1) is 0 Å². The van der Waals surface area contributed by atoms with E-state index in [4.69, 9.17) is 0 Å². The van der Waals surface area contributed by atoms with Crippen LogP contribution in [0.3, 0.4) is 0 Å². The quantitative estimate of drug-likeness (QED) is 0.336. The van der Waals surface area contributed by atoms with Gasteiger partial charge in [0.2, 0.25) is 0 Å². The van der Waals surface area contributed by atoms with Crippen molar-refractivity contribution < 1.29 is 13.9 Å².